The zero-order chi connectivity index (χ0) is 21.1. The van der Waals surface area contributed by atoms with Crippen LogP contribution in [0, 0.1) is 5.92 Å². The number of benzene rings is 2. The van der Waals surface area contributed by atoms with Crippen LogP contribution in [0.5, 0.6) is 5.75 Å². The first-order valence-corrected chi connectivity index (χ1v) is 11.0. The number of amides is 2. The maximum atomic E-state index is 13.0. The summed E-state index contributed by atoms with van der Waals surface area (Å²) in [5.74, 6) is 0.988. The lowest BCUT2D eigenvalue weighted by Crippen LogP contribution is -2.41. The van der Waals surface area contributed by atoms with Crippen molar-refractivity contribution in [3.8, 4) is 5.75 Å². The van der Waals surface area contributed by atoms with Crippen molar-refractivity contribution in [3.05, 3.63) is 65.2 Å². The molecule has 2 aliphatic rings. The molecule has 5 nitrogen and oxygen atoms in total. The highest BCUT2D eigenvalue weighted by Gasteiger charge is 2.39. The third-order valence-corrected chi connectivity index (χ3v) is 5.90. The smallest absolute Gasteiger partial charge is 0.260 e. The summed E-state index contributed by atoms with van der Waals surface area (Å²) in [6, 6.07) is 16.1. The van der Waals surface area contributed by atoms with Gasteiger partial charge in [-0.25, -0.2) is 0 Å². The minimum atomic E-state index is -0.572. The van der Waals surface area contributed by atoms with E-state index in [1.807, 2.05) is 42.2 Å². The highest BCUT2D eigenvalue weighted by molar-refractivity contribution is 5.82. The standard InChI is InChI=1S/C25H30N2O3/c1-3-14-26-24(28)17(2)30-21-12-11-18-13-15-27(25(29)20-9-10-20)23(22(18)16-21)19-7-5-4-6-8-19/h4-8,11-12,16-17,20,23H,3,9-10,13-15H2,1-2H3,(H,26,28). The van der Waals surface area contributed by atoms with Crippen LogP contribution < -0.4 is 10.1 Å². The number of rotatable bonds is 7. The fourth-order valence-corrected chi connectivity index (χ4v) is 4.11. The maximum absolute atomic E-state index is 13.0. The summed E-state index contributed by atoms with van der Waals surface area (Å²) in [6.45, 7) is 5.17. The summed E-state index contributed by atoms with van der Waals surface area (Å²) >= 11 is 0. The molecule has 1 heterocycles. The molecule has 1 saturated carbocycles. The molecule has 1 aliphatic heterocycles. The molecular weight excluding hydrogens is 376 g/mol. The molecule has 0 aromatic heterocycles. The molecular formula is C25H30N2O3. The van der Waals surface area contributed by atoms with Gasteiger partial charge in [-0.1, -0.05) is 43.3 Å². The van der Waals surface area contributed by atoms with E-state index >= 15 is 0 Å². The first-order valence-electron chi connectivity index (χ1n) is 11.0. The largest absolute Gasteiger partial charge is 0.481 e. The van der Waals surface area contributed by atoms with Crippen molar-refractivity contribution in [3.63, 3.8) is 0 Å². The number of carbonyl (C=O) groups is 2. The van der Waals surface area contributed by atoms with Crippen LogP contribution in [-0.4, -0.2) is 35.9 Å². The zero-order valence-corrected chi connectivity index (χ0v) is 17.8. The van der Waals surface area contributed by atoms with Crippen molar-refractivity contribution < 1.29 is 14.3 Å². The molecule has 2 amide bonds. The molecule has 2 atom stereocenters. The van der Waals surface area contributed by atoms with Crippen molar-refractivity contribution in [2.75, 3.05) is 13.1 Å². The van der Waals surface area contributed by atoms with E-state index in [0.29, 0.717) is 12.3 Å². The van der Waals surface area contributed by atoms with Crippen LogP contribution in [0.2, 0.25) is 0 Å². The lowest BCUT2D eigenvalue weighted by molar-refractivity contribution is -0.134. The molecule has 158 valence electrons. The molecule has 1 fully saturated rings. The predicted octanol–water partition coefficient (Wildman–Crippen LogP) is 3.86. The predicted molar refractivity (Wildman–Crippen MR) is 116 cm³/mol. The summed E-state index contributed by atoms with van der Waals surface area (Å²) in [4.78, 5) is 27.3. The van der Waals surface area contributed by atoms with Gasteiger partial charge in [-0.2, -0.15) is 0 Å². The van der Waals surface area contributed by atoms with Gasteiger partial charge in [0.05, 0.1) is 6.04 Å². The van der Waals surface area contributed by atoms with Gasteiger partial charge in [0.1, 0.15) is 5.75 Å². The number of nitrogens with zero attached hydrogens (tertiary/aromatic N) is 1. The van der Waals surface area contributed by atoms with Gasteiger partial charge in [0, 0.05) is 19.0 Å². The van der Waals surface area contributed by atoms with Gasteiger partial charge in [-0.15, -0.1) is 0 Å². The van der Waals surface area contributed by atoms with Crippen molar-refractivity contribution in [2.45, 2.75) is 51.7 Å². The van der Waals surface area contributed by atoms with Gasteiger partial charge in [0.15, 0.2) is 6.10 Å². The highest BCUT2D eigenvalue weighted by atomic mass is 16.5. The molecule has 0 saturated heterocycles. The zero-order valence-electron chi connectivity index (χ0n) is 17.8. The second kappa shape index (κ2) is 8.90. The van der Waals surface area contributed by atoms with Gasteiger partial charge in [0.2, 0.25) is 5.91 Å². The minimum Gasteiger partial charge on any atom is -0.481 e. The first kappa shape index (κ1) is 20.5. The van der Waals surface area contributed by atoms with E-state index < -0.39 is 6.10 Å². The Morgan fingerprint density at radius 3 is 2.63 bits per heavy atom. The fourth-order valence-electron chi connectivity index (χ4n) is 4.11. The lowest BCUT2D eigenvalue weighted by atomic mass is 9.87. The Hall–Kier alpha value is -2.82. The molecule has 2 unspecified atom stereocenters. The Balaban J connectivity index is 1.63. The summed E-state index contributed by atoms with van der Waals surface area (Å²) in [6.07, 6.45) is 3.15. The van der Waals surface area contributed by atoms with Gasteiger partial charge in [-0.3, -0.25) is 9.59 Å². The monoisotopic (exact) mass is 406 g/mol. The molecule has 5 heteroatoms. The van der Waals surface area contributed by atoms with E-state index in [1.54, 1.807) is 6.92 Å². The van der Waals surface area contributed by atoms with E-state index in [4.69, 9.17) is 4.74 Å². The molecule has 0 bridgehead atoms. The minimum absolute atomic E-state index is 0.111. The number of fused-ring (bicyclic) bond motifs is 1. The average molecular weight is 407 g/mol. The average Bonchev–Trinajstić information content (AvgIpc) is 3.62. The Bertz CT molecular complexity index is 908. The van der Waals surface area contributed by atoms with E-state index in [9.17, 15) is 9.59 Å². The summed E-state index contributed by atoms with van der Waals surface area (Å²) in [5, 5.41) is 2.87. The van der Waals surface area contributed by atoms with Gasteiger partial charge < -0.3 is 15.0 Å². The quantitative estimate of drug-likeness (QED) is 0.760. The number of nitrogens with one attached hydrogen (secondary N) is 1. The van der Waals surface area contributed by atoms with Crippen LogP contribution >= 0.6 is 0 Å². The lowest BCUT2D eigenvalue weighted by Gasteiger charge is -2.38. The number of carbonyl (C=O) groups excluding carboxylic acids is 2. The van der Waals surface area contributed by atoms with E-state index in [2.05, 4.69) is 23.5 Å². The number of hydrogen-bond acceptors (Lipinski definition) is 3. The normalized spacial score (nSPS) is 19.0. The summed E-state index contributed by atoms with van der Waals surface area (Å²) in [7, 11) is 0. The summed E-state index contributed by atoms with van der Waals surface area (Å²) < 4.78 is 5.96. The summed E-state index contributed by atoms with van der Waals surface area (Å²) in [5.41, 5.74) is 3.44. The number of ether oxygens (including phenoxy) is 1. The second-order valence-corrected chi connectivity index (χ2v) is 8.28. The van der Waals surface area contributed by atoms with Crippen LogP contribution in [0.4, 0.5) is 0 Å². The number of hydrogen-bond donors (Lipinski definition) is 1. The molecule has 4 rings (SSSR count). The molecule has 2 aromatic rings. The third kappa shape index (κ3) is 4.35. The van der Waals surface area contributed by atoms with Gasteiger partial charge in [-0.05, 0) is 61.4 Å². The van der Waals surface area contributed by atoms with E-state index in [1.165, 1.54) is 5.56 Å². The SMILES string of the molecule is CCCNC(=O)C(C)Oc1ccc2c(c1)C(c1ccccc1)N(C(=O)C1CC1)CC2. The van der Waals surface area contributed by atoms with Crippen LogP contribution in [0.15, 0.2) is 48.5 Å². The van der Waals surface area contributed by atoms with Crippen LogP contribution in [0.3, 0.4) is 0 Å². The molecule has 0 spiro atoms. The Morgan fingerprint density at radius 1 is 1.17 bits per heavy atom. The molecule has 30 heavy (non-hydrogen) atoms. The Labute approximate surface area is 178 Å². The van der Waals surface area contributed by atoms with Crippen molar-refractivity contribution in [1.82, 2.24) is 10.2 Å². The van der Waals surface area contributed by atoms with E-state index in [-0.39, 0.29) is 23.8 Å². The van der Waals surface area contributed by atoms with Crippen molar-refractivity contribution in [1.29, 1.82) is 0 Å². The molecule has 1 N–H and O–H groups in total. The van der Waals surface area contributed by atoms with Crippen LogP contribution in [0.25, 0.3) is 0 Å². The van der Waals surface area contributed by atoms with Gasteiger partial charge in [0.25, 0.3) is 5.91 Å². The molecule has 1 aliphatic carbocycles. The molecule has 0 radical (unpaired) electrons. The Kier molecular flexibility index (Phi) is 6.07. The fraction of sp³-hybridized carbons (Fsp3) is 0.440. The molecule has 2 aromatic carbocycles. The second-order valence-electron chi connectivity index (χ2n) is 8.28. The van der Waals surface area contributed by atoms with Crippen LogP contribution in [-0.2, 0) is 16.0 Å². The Morgan fingerprint density at radius 2 is 1.93 bits per heavy atom. The first-order chi connectivity index (χ1) is 14.6. The van der Waals surface area contributed by atoms with Crippen molar-refractivity contribution in [2.24, 2.45) is 5.92 Å². The third-order valence-electron chi connectivity index (χ3n) is 5.90. The van der Waals surface area contributed by atoms with Crippen molar-refractivity contribution >= 4 is 11.8 Å². The van der Waals surface area contributed by atoms with Crippen LogP contribution in [0.1, 0.15) is 55.8 Å². The maximum Gasteiger partial charge on any atom is 0.260 e. The highest BCUT2D eigenvalue weighted by Crippen LogP contribution is 2.41. The van der Waals surface area contributed by atoms with E-state index in [0.717, 1.165) is 43.4 Å². The van der Waals surface area contributed by atoms with Gasteiger partial charge >= 0.3 is 0 Å². The topological polar surface area (TPSA) is 58.6 Å².